The maximum atomic E-state index is 12.9. The minimum absolute atomic E-state index is 0.0154. The van der Waals surface area contributed by atoms with Gasteiger partial charge in [0.25, 0.3) is 0 Å². The highest BCUT2D eigenvalue weighted by atomic mass is 16.4. The number of unbranched alkanes of at least 4 members (excludes halogenated alkanes) is 1. The Bertz CT molecular complexity index is 1090. The minimum Gasteiger partial charge on any atom is -0.480 e. The van der Waals surface area contributed by atoms with Crippen LogP contribution < -0.4 is 27.4 Å². The topological polar surface area (TPSA) is 213 Å². The average molecular weight is 533 g/mol. The lowest BCUT2D eigenvalue weighted by molar-refractivity contribution is -0.142. The van der Waals surface area contributed by atoms with Crippen molar-refractivity contribution in [2.75, 3.05) is 13.2 Å². The SMILES string of the molecule is CC(C)CC(NC(=O)C(CO)NC(=O)C(N)Cc1c[nH]c2ccccc12)C(=O)NC(CCCCN)C(=O)O. The maximum absolute atomic E-state index is 12.9. The van der Waals surface area contributed by atoms with Gasteiger partial charge in [-0.1, -0.05) is 32.0 Å². The first-order valence-electron chi connectivity index (χ1n) is 12.8. The van der Waals surface area contributed by atoms with Crippen LogP contribution in [0, 0.1) is 5.92 Å². The summed E-state index contributed by atoms with van der Waals surface area (Å²) in [6.45, 7) is 3.38. The van der Waals surface area contributed by atoms with Gasteiger partial charge in [0.05, 0.1) is 12.6 Å². The smallest absolute Gasteiger partial charge is 0.326 e. The number of amides is 3. The summed E-state index contributed by atoms with van der Waals surface area (Å²) in [6.07, 6.45) is 3.53. The van der Waals surface area contributed by atoms with Gasteiger partial charge in [0, 0.05) is 17.1 Å². The highest BCUT2D eigenvalue weighted by Gasteiger charge is 2.30. The van der Waals surface area contributed by atoms with Gasteiger partial charge in [-0.25, -0.2) is 4.79 Å². The number of aromatic amines is 1. The van der Waals surface area contributed by atoms with Gasteiger partial charge >= 0.3 is 5.97 Å². The molecule has 38 heavy (non-hydrogen) atoms. The Balaban J connectivity index is 2.02. The highest BCUT2D eigenvalue weighted by molar-refractivity contribution is 5.94. The summed E-state index contributed by atoms with van der Waals surface area (Å²) in [5.74, 6) is -3.28. The molecule has 0 aliphatic rings. The van der Waals surface area contributed by atoms with E-state index in [4.69, 9.17) is 11.5 Å². The summed E-state index contributed by atoms with van der Waals surface area (Å²) >= 11 is 0. The van der Waals surface area contributed by atoms with Crippen LogP contribution in [0.15, 0.2) is 30.5 Å². The predicted molar refractivity (Wildman–Crippen MR) is 143 cm³/mol. The van der Waals surface area contributed by atoms with E-state index in [1.54, 1.807) is 6.20 Å². The van der Waals surface area contributed by atoms with Gasteiger partial charge in [-0.3, -0.25) is 14.4 Å². The van der Waals surface area contributed by atoms with Gasteiger partial charge in [-0.2, -0.15) is 0 Å². The number of fused-ring (bicyclic) bond motifs is 1. The van der Waals surface area contributed by atoms with Crippen LogP contribution in [0.5, 0.6) is 0 Å². The lowest BCUT2D eigenvalue weighted by Gasteiger charge is -2.25. The van der Waals surface area contributed by atoms with E-state index in [1.807, 2.05) is 38.1 Å². The number of aliphatic hydroxyl groups excluding tert-OH is 1. The van der Waals surface area contributed by atoms with Crippen molar-refractivity contribution in [2.24, 2.45) is 17.4 Å². The van der Waals surface area contributed by atoms with E-state index in [0.29, 0.717) is 19.4 Å². The van der Waals surface area contributed by atoms with E-state index in [0.717, 1.165) is 16.5 Å². The van der Waals surface area contributed by atoms with Gasteiger partial charge in [0.2, 0.25) is 17.7 Å². The second-order valence-corrected chi connectivity index (χ2v) is 9.79. The average Bonchev–Trinajstić information content (AvgIpc) is 3.28. The lowest BCUT2D eigenvalue weighted by Crippen LogP contribution is -2.58. The molecule has 0 fully saturated rings. The van der Waals surface area contributed by atoms with Crippen molar-refractivity contribution in [1.29, 1.82) is 0 Å². The molecule has 0 radical (unpaired) electrons. The number of rotatable bonds is 16. The van der Waals surface area contributed by atoms with Gasteiger partial charge in [-0.15, -0.1) is 0 Å². The monoisotopic (exact) mass is 532 g/mol. The number of aromatic nitrogens is 1. The van der Waals surface area contributed by atoms with Crippen LogP contribution in [0.1, 0.15) is 45.1 Å². The zero-order valence-electron chi connectivity index (χ0n) is 21.9. The van der Waals surface area contributed by atoms with E-state index < -0.39 is 54.5 Å². The summed E-state index contributed by atoms with van der Waals surface area (Å²) in [5.41, 5.74) is 13.3. The Labute approximate surface area is 221 Å². The van der Waals surface area contributed by atoms with Crippen LogP contribution in [0.3, 0.4) is 0 Å². The summed E-state index contributed by atoms with van der Waals surface area (Å²) < 4.78 is 0. The van der Waals surface area contributed by atoms with Crippen molar-refractivity contribution in [3.05, 3.63) is 36.0 Å². The van der Waals surface area contributed by atoms with Gasteiger partial charge in [0.15, 0.2) is 0 Å². The molecule has 4 unspecified atom stereocenters. The molecule has 1 aromatic heterocycles. The predicted octanol–water partition coefficient (Wildman–Crippen LogP) is -0.256. The molecule has 4 atom stereocenters. The van der Waals surface area contributed by atoms with Crippen molar-refractivity contribution in [1.82, 2.24) is 20.9 Å². The van der Waals surface area contributed by atoms with Crippen LogP contribution in [0.4, 0.5) is 0 Å². The standard InChI is InChI=1S/C26H40N6O6/c1-15(2)11-21(24(35)30-20(26(37)38)9-5-6-10-27)31-25(36)22(14-33)32-23(34)18(28)12-16-13-29-19-8-4-3-7-17(16)19/h3-4,7-8,13,15,18,20-22,29,33H,5-6,9-12,14,27-28H2,1-2H3,(H,30,35)(H,31,36)(H,32,34)(H,37,38). The first-order valence-corrected chi connectivity index (χ1v) is 12.8. The molecule has 210 valence electrons. The Morgan fingerprint density at radius 2 is 1.58 bits per heavy atom. The molecule has 0 saturated carbocycles. The number of carbonyl (C=O) groups excluding carboxylic acids is 3. The molecule has 12 nitrogen and oxygen atoms in total. The molecule has 0 bridgehead atoms. The molecule has 0 aliphatic carbocycles. The van der Waals surface area contributed by atoms with Crippen LogP contribution in [-0.2, 0) is 25.6 Å². The van der Waals surface area contributed by atoms with Crippen LogP contribution in [0.25, 0.3) is 10.9 Å². The number of hydrogen-bond acceptors (Lipinski definition) is 7. The maximum Gasteiger partial charge on any atom is 0.326 e. The Hall–Kier alpha value is -3.48. The zero-order chi connectivity index (χ0) is 28.2. The summed E-state index contributed by atoms with van der Waals surface area (Å²) in [6, 6.07) is 3.04. The number of carbonyl (C=O) groups is 4. The number of aliphatic hydroxyl groups is 1. The number of hydrogen-bond donors (Lipinski definition) is 8. The number of H-pyrrole nitrogens is 1. The summed E-state index contributed by atoms with van der Waals surface area (Å²) in [5, 5.41) is 27.6. The molecule has 1 heterocycles. The van der Waals surface area contributed by atoms with Crippen molar-refractivity contribution < 1.29 is 29.4 Å². The van der Waals surface area contributed by atoms with Crippen molar-refractivity contribution >= 4 is 34.6 Å². The molecule has 10 N–H and O–H groups in total. The first kappa shape index (κ1) is 30.7. The van der Waals surface area contributed by atoms with Gasteiger partial charge < -0.3 is 42.6 Å². The number of carboxylic acid groups (broad SMARTS) is 1. The molecule has 0 aliphatic heterocycles. The van der Waals surface area contributed by atoms with Gasteiger partial charge in [-0.05, 0) is 56.2 Å². The fourth-order valence-electron chi connectivity index (χ4n) is 4.10. The lowest BCUT2D eigenvalue weighted by atomic mass is 10.0. The van der Waals surface area contributed by atoms with E-state index >= 15 is 0 Å². The molecule has 2 aromatic rings. The third-order valence-corrected chi connectivity index (χ3v) is 6.17. The number of aliphatic carboxylic acids is 1. The van der Waals surface area contributed by atoms with Crippen LogP contribution in [-0.4, -0.2) is 76.2 Å². The number of para-hydroxylation sites is 1. The number of nitrogens with two attached hydrogens (primary N) is 2. The van der Waals surface area contributed by atoms with Crippen LogP contribution in [0.2, 0.25) is 0 Å². The number of benzene rings is 1. The molecule has 1 aromatic carbocycles. The summed E-state index contributed by atoms with van der Waals surface area (Å²) in [4.78, 5) is 53.2. The molecular formula is C26H40N6O6. The minimum atomic E-state index is -1.35. The van der Waals surface area contributed by atoms with E-state index in [1.165, 1.54) is 0 Å². The fourth-order valence-corrected chi connectivity index (χ4v) is 4.10. The first-order chi connectivity index (χ1) is 18.1. The molecular weight excluding hydrogens is 492 g/mol. The Kier molecular flexibility index (Phi) is 12.2. The molecule has 2 rings (SSSR count). The van der Waals surface area contributed by atoms with Gasteiger partial charge in [0.1, 0.15) is 18.1 Å². The van der Waals surface area contributed by atoms with Crippen molar-refractivity contribution in [3.8, 4) is 0 Å². The normalized spacial score (nSPS) is 14.5. The van der Waals surface area contributed by atoms with E-state index in [-0.39, 0.29) is 25.2 Å². The Morgan fingerprint density at radius 3 is 2.21 bits per heavy atom. The molecule has 0 spiro atoms. The fraction of sp³-hybridized carbons (Fsp3) is 0.538. The van der Waals surface area contributed by atoms with E-state index in [2.05, 4.69) is 20.9 Å². The molecule has 12 heteroatoms. The van der Waals surface area contributed by atoms with E-state index in [9.17, 15) is 29.4 Å². The number of carboxylic acids is 1. The highest BCUT2D eigenvalue weighted by Crippen LogP contribution is 2.18. The molecule has 3 amide bonds. The second-order valence-electron chi connectivity index (χ2n) is 9.79. The van der Waals surface area contributed by atoms with Crippen molar-refractivity contribution in [3.63, 3.8) is 0 Å². The quantitative estimate of drug-likeness (QED) is 0.135. The molecule has 0 saturated heterocycles. The zero-order valence-corrected chi connectivity index (χ0v) is 21.9. The Morgan fingerprint density at radius 1 is 0.947 bits per heavy atom. The number of nitrogens with one attached hydrogen (secondary N) is 4. The van der Waals surface area contributed by atoms with Crippen molar-refractivity contribution in [2.45, 2.75) is 70.1 Å². The van der Waals surface area contributed by atoms with Crippen LogP contribution >= 0.6 is 0 Å². The largest absolute Gasteiger partial charge is 0.480 e. The second kappa shape index (κ2) is 15.1. The summed E-state index contributed by atoms with van der Waals surface area (Å²) in [7, 11) is 0. The third-order valence-electron chi connectivity index (χ3n) is 6.17. The third kappa shape index (κ3) is 9.12.